The van der Waals surface area contributed by atoms with Crippen LogP contribution < -0.4 is 5.32 Å². The standard InChI is InChI=1S/C17H24ClF3N4O2/c1-11(10-24-6-8-27-9-7-24)22-13(26)4-5-25-15(12-2-3-12)14(18)16(23-25)17(19,20)21/h11-12H,2-10H2,1H3,(H,22,26)/t11-/m1/s1. The average Bonchev–Trinajstić information content (AvgIpc) is 3.36. The first-order valence-electron chi connectivity index (χ1n) is 9.18. The number of hydrogen-bond donors (Lipinski definition) is 1. The molecule has 0 spiro atoms. The third-order valence-electron chi connectivity index (χ3n) is 4.76. The van der Waals surface area contributed by atoms with E-state index in [0.717, 1.165) is 25.9 Å². The zero-order valence-corrected chi connectivity index (χ0v) is 15.9. The zero-order chi connectivity index (χ0) is 19.6. The minimum Gasteiger partial charge on any atom is -0.379 e. The summed E-state index contributed by atoms with van der Waals surface area (Å²) in [6.45, 7) is 5.74. The first kappa shape index (κ1) is 20.4. The van der Waals surface area contributed by atoms with Gasteiger partial charge >= 0.3 is 6.18 Å². The number of nitrogens with one attached hydrogen (secondary N) is 1. The van der Waals surface area contributed by atoms with Crippen molar-refractivity contribution in [2.75, 3.05) is 32.8 Å². The van der Waals surface area contributed by atoms with Crippen LogP contribution in [-0.4, -0.2) is 59.5 Å². The molecule has 1 amide bonds. The van der Waals surface area contributed by atoms with Crippen LogP contribution in [-0.2, 0) is 22.3 Å². The highest BCUT2D eigenvalue weighted by Crippen LogP contribution is 2.46. The van der Waals surface area contributed by atoms with Crippen LogP contribution in [0.3, 0.4) is 0 Å². The van der Waals surface area contributed by atoms with E-state index in [1.54, 1.807) is 0 Å². The molecular formula is C17H24ClF3N4O2. The normalized spacial score (nSPS) is 19.9. The summed E-state index contributed by atoms with van der Waals surface area (Å²) in [4.78, 5) is 14.4. The van der Waals surface area contributed by atoms with E-state index >= 15 is 0 Å². The number of hydrogen-bond acceptors (Lipinski definition) is 4. The predicted molar refractivity (Wildman–Crippen MR) is 93.7 cm³/mol. The van der Waals surface area contributed by atoms with Crippen molar-refractivity contribution in [3.63, 3.8) is 0 Å². The van der Waals surface area contributed by atoms with Gasteiger partial charge in [-0.05, 0) is 19.8 Å². The molecule has 1 aliphatic heterocycles. The molecular weight excluding hydrogens is 385 g/mol. The number of aromatic nitrogens is 2. The Morgan fingerprint density at radius 2 is 2.04 bits per heavy atom. The lowest BCUT2D eigenvalue weighted by Crippen LogP contribution is -2.46. The van der Waals surface area contributed by atoms with Gasteiger partial charge < -0.3 is 10.1 Å². The molecule has 1 aromatic rings. The molecule has 2 fully saturated rings. The highest BCUT2D eigenvalue weighted by atomic mass is 35.5. The van der Waals surface area contributed by atoms with Crippen molar-refractivity contribution < 1.29 is 22.7 Å². The van der Waals surface area contributed by atoms with E-state index in [-0.39, 0.29) is 35.9 Å². The van der Waals surface area contributed by atoms with Crippen molar-refractivity contribution in [3.05, 3.63) is 16.4 Å². The number of ether oxygens (including phenoxy) is 1. The number of carbonyl (C=O) groups excluding carboxylic acids is 1. The van der Waals surface area contributed by atoms with Crippen molar-refractivity contribution in [2.24, 2.45) is 0 Å². The third-order valence-corrected chi connectivity index (χ3v) is 5.13. The Bertz CT molecular complexity index is 670. The first-order chi connectivity index (χ1) is 12.8. The molecule has 1 atom stereocenters. The van der Waals surface area contributed by atoms with Crippen LogP contribution in [0.25, 0.3) is 0 Å². The van der Waals surface area contributed by atoms with Crippen molar-refractivity contribution >= 4 is 17.5 Å². The summed E-state index contributed by atoms with van der Waals surface area (Å²) in [6.07, 6.45) is -2.94. The summed E-state index contributed by atoms with van der Waals surface area (Å²) in [5.74, 6) is -0.206. The Kier molecular flexibility index (Phi) is 6.32. The largest absolute Gasteiger partial charge is 0.436 e. The van der Waals surface area contributed by atoms with E-state index in [1.807, 2.05) is 6.92 Å². The number of amides is 1. The summed E-state index contributed by atoms with van der Waals surface area (Å²) in [5.41, 5.74) is -0.662. The van der Waals surface area contributed by atoms with Crippen molar-refractivity contribution in [2.45, 2.75) is 50.9 Å². The van der Waals surface area contributed by atoms with Crippen LogP contribution in [0.4, 0.5) is 13.2 Å². The van der Waals surface area contributed by atoms with Crippen LogP contribution in [0, 0.1) is 0 Å². The Morgan fingerprint density at radius 1 is 1.37 bits per heavy atom. The van der Waals surface area contributed by atoms with Crippen LogP contribution in [0.1, 0.15) is 43.5 Å². The molecule has 10 heteroatoms. The summed E-state index contributed by atoms with van der Waals surface area (Å²) in [6, 6.07) is -0.0505. The van der Waals surface area contributed by atoms with Gasteiger partial charge in [0.1, 0.15) is 0 Å². The van der Waals surface area contributed by atoms with Gasteiger partial charge in [-0.3, -0.25) is 14.4 Å². The summed E-state index contributed by atoms with van der Waals surface area (Å²) >= 11 is 5.94. The Labute approximate surface area is 161 Å². The molecule has 152 valence electrons. The van der Waals surface area contributed by atoms with Gasteiger partial charge in [0.15, 0.2) is 5.69 Å². The number of alkyl halides is 3. The van der Waals surface area contributed by atoms with Gasteiger partial charge in [0.05, 0.1) is 30.5 Å². The van der Waals surface area contributed by atoms with Gasteiger partial charge in [0, 0.05) is 38.0 Å². The van der Waals surface area contributed by atoms with Gasteiger partial charge in [-0.15, -0.1) is 0 Å². The van der Waals surface area contributed by atoms with Gasteiger partial charge in [0.2, 0.25) is 5.91 Å². The Balaban J connectivity index is 1.55. The van der Waals surface area contributed by atoms with Crippen molar-refractivity contribution in [3.8, 4) is 0 Å². The minimum absolute atomic E-state index is 0.00408. The van der Waals surface area contributed by atoms with E-state index in [1.165, 1.54) is 4.68 Å². The molecule has 1 N–H and O–H groups in total. The number of nitrogens with zero attached hydrogens (tertiary/aromatic N) is 3. The monoisotopic (exact) mass is 408 g/mol. The maximum Gasteiger partial charge on any atom is 0.436 e. The maximum atomic E-state index is 13.1. The van der Waals surface area contributed by atoms with Crippen LogP contribution in [0.2, 0.25) is 5.02 Å². The Morgan fingerprint density at radius 3 is 2.63 bits per heavy atom. The minimum atomic E-state index is -4.60. The number of rotatable bonds is 7. The average molecular weight is 409 g/mol. The topological polar surface area (TPSA) is 59.4 Å². The maximum absolute atomic E-state index is 13.1. The van der Waals surface area contributed by atoms with Gasteiger partial charge in [-0.1, -0.05) is 11.6 Å². The molecule has 1 saturated carbocycles. The van der Waals surface area contributed by atoms with E-state index in [9.17, 15) is 18.0 Å². The van der Waals surface area contributed by atoms with Gasteiger partial charge in [0.25, 0.3) is 0 Å². The second kappa shape index (κ2) is 8.36. The summed E-state index contributed by atoms with van der Waals surface area (Å²) in [7, 11) is 0. The Hall–Kier alpha value is -1.32. The lowest BCUT2D eigenvalue weighted by atomic mass is 10.2. The molecule has 27 heavy (non-hydrogen) atoms. The van der Waals surface area contributed by atoms with Gasteiger partial charge in [-0.25, -0.2) is 0 Å². The van der Waals surface area contributed by atoms with Gasteiger partial charge in [-0.2, -0.15) is 18.3 Å². The van der Waals surface area contributed by atoms with Crippen LogP contribution in [0.15, 0.2) is 0 Å². The molecule has 0 radical (unpaired) electrons. The van der Waals surface area contributed by atoms with Crippen molar-refractivity contribution in [1.82, 2.24) is 20.0 Å². The lowest BCUT2D eigenvalue weighted by molar-refractivity contribution is -0.141. The second-order valence-corrected chi connectivity index (χ2v) is 7.55. The quantitative estimate of drug-likeness (QED) is 0.753. The smallest absolute Gasteiger partial charge is 0.379 e. The molecule has 6 nitrogen and oxygen atoms in total. The zero-order valence-electron chi connectivity index (χ0n) is 15.2. The fraction of sp³-hybridized carbons (Fsp3) is 0.765. The van der Waals surface area contributed by atoms with Crippen LogP contribution >= 0.6 is 11.6 Å². The number of halogens is 4. The molecule has 0 unspecified atom stereocenters. The fourth-order valence-corrected chi connectivity index (χ4v) is 3.72. The molecule has 0 bridgehead atoms. The second-order valence-electron chi connectivity index (χ2n) is 7.17. The fourth-order valence-electron chi connectivity index (χ4n) is 3.32. The predicted octanol–water partition coefficient (Wildman–Crippen LogP) is 2.66. The highest BCUT2D eigenvalue weighted by Gasteiger charge is 2.42. The molecule has 3 rings (SSSR count). The SMILES string of the molecule is C[C@H](CN1CCOCC1)NC(=O)CCn1nc(C(F)(F)F)c(Cl)c1C1CC1. The van der Waals surface area contributed by atoms with E-state index in [4.69, 9.17) is 16.3 Å². The third kappa shape index (κ3) is 5.36. The number of carbonyl (C=O) groups is 1. The molecule has 1 aliphatic carbocycles. The lowest BCUT2D eigenvalue weighted by Gasteiger charge is -2.29. The molecule has 2 heterocycles. The highest BCUT2D eigenvalue weighted by molar-refractivity contribution is 6.32. The molecule has 1 saturated heterocycles. The molecule has 0 aromatic carbocycles. The van der Waals surface area contributed by atoms with E-state index in [0.29, 0.717) is 25.5 Å². The van der Waals surface area contributed by atoms with E-state index < -0.39 is 11.9 Å². The molecule has 2 aliphatic rings. The van der Waals surface area contributed by atoms with Crippen LogP contribution in [0.5, 0.6) is 0 Å². The van der Waals surface area contributed by atoms with E-state index in [2.05, 4.69) is 15.3 Å². The number of morpholine rings is 1. The number of aryl methyl sites for hydroxylation is 1. The summed E-state index contributed by atoms with van der Waals surface area (Å²) < 4.78 is 45.7. The summed E-state index contributed by atoms with van der Waals surface area (Å²) in [5, 5.41) is 6.21. The first-order valence-corrected chi connectivity index (χ1v) is 9.56. The van der Waals surface area contributed by atoms with Crippen molar-refractivity contribution in [1.29, 1.82) is 0 Å². The molecule has 1 aromatic heterocycles.